The maximum absolute atomic E-state index is 11.8. The van der Waals surface area contributed by atoms with E-state index >= 15 is 0 Å². The molecule has 5 heteroatoms. The first kappa shape index (κ1) is 13.5. The van der Waals surface area contributed by atoms with E-state index in [1.165, 1.54) is 12.1 Å². The lowest BCUT2D eigenvalue weighted by Gasteiger charge is -2.28. The molecule has 0 atom stereocenters. The first-order valence-corrected chi connectivity index (χ1v) is 5.23. The third kappa shape index (κ3) is 3.72. The van der Waals surface area contributed by atoms with Crippen LogP contribution in [0.25, 0.3) is 0 Å². The van der Waals surface area contributed by atoms with Crippen molar-refractivity contribution in [3.8, 4) is 11.5 Å². The second kappa shape index (κ2) is 4.73. The molecule has 0 unspecified atom stereocenters. The Balaban J connectivity index is 2.84. The number of aromatic hydroxyl groups is 2. The Bertz CT molecular complexity index is 403. The number of rotatable bonds is 3. The van der Waals surface area contributed by atoms with Gasteiger partial charge in [-0.3, -0.25) is 4.79 Å². The molecule has 0 fully saturated rings. The van der Waals surface area contributed by atoms with E-state index in [-0.39, 0.29) is 29.4 Å². The van der Waals surface area contributed by atoms with Gasteiger partial charge in [0.25, 0.3) is 0 Å². The van der Waals surface area contributed by atoms with E-state index < -0.39 is 5.54 Å². The first-order valence-electron chi connectivity index (χ1n) is 5.23. The van der Waals surface area contributed by atoms with Gasteiger partial charge in [0.2, 0.25) is 0 Å². The molecule has 0 aliphatic heterocycles. The van der Waals surface area contributed by atoms with Gasteiger partial charge in [0, 0.05) is 17.2 Å². The Hall–Kier alpha value is -1.59. The minimum absolute atomic E-state index is 0.158. The van der Waals surface area contributed by atoms with Gasteiger partial charge in [-0.15, -0.1) is 0 Å². The van der Waals surface area contributed by atoms with Gasteiger partial charge in [-0.25, -0.2) is 0 Å². The lowest BCUT2D eigenvalue weighted by Crippen LogP contribution is -2.41. The SMILES string of the molecule is CC(C)(C)N(O)CC(=O)c1cc(O)cc(O)c1. The lowest BCUT2D eigenvalue weighted by atomic mass is 10.1. The average Bonchev–Trinajstić information content (AvgIpc) is 2.14. The number of ketones is 1. The zero-order valence-corrected chi connectivity index (χ0v) is 10.1. The minimum atomic E-state index is -0.547. The van der Waals surface area contributed by atoms with Crippen molar-refractivity contribution in [1.29, 1.82) is 0 Å². The number of carbonyl (C=O) groups excluding carboxylic acids is 1. The standard InChI is InChI=1S/C12H17NO4/c1-12(2,3)13(17)7-11(16)8-4-9(14)6-10(15)5-8/h4-6,14-15,17H,7H2,1-3H3. The van der Waals surface area contributed by atoms with Gasteiger partial charge in [-0.05, 0) is 32.9 Å². The molecule has 0 bridgehead atoms. The molecule has 0 heterocycles. The van der Waals surface area contributed by atoms with E-state index in [9.17, 15) is 20.2 Å². The van der Waals surface area contributed by atoms with Gasteiger partial charge in [-0.2, -0.15) is 5.06 Å². The molecule has 1 aromatic rings. The summed E-state index contributed by atoms with van der Waals surface area (Å²) in [4.78, 5) is 11.8. The van der Waals surface area contributed by atoms with Crippen LogP contribution in [0.1, 0.15) is 31.1 Å². The van der Waals surface area contributed by atoms with Crippen molar-refractivity contribution >= 4 is 5.78 Å². The first-order chi connectivity index (χ1) is 7.70. The number of hydrogen-bond donors (Lipinski definition) is 3. The molecule has 0 aromatic heterocycles. The molecule has 0 saturated carbocycles. The molecular formula is C12H17NO4. The summed E-state index contributed by atoms with van der Waals surface area (Å²) in [6.07, 6.45) is 0. The number of hydrogen-bond acceptors (Lipinski definition) is 5. The summed E-state index contributed by atoms with van der Waals surface area (Å²) < 4.78 is 0. The number of carbonyl (C=O) groups is 1. The molecule has 0 spiro atoms. The van der Waals surface area contributed by atoms with E-state index in [2.05, 4.69) is 0 Å². The summed E-state index contributed by atoms with van der Waals surface area (Å²) in [5.41, 5.74) is -0.389. The molecule has 17 heavy (non-hydrogen) atoms. The van der Waals surface area contributed by atoms with Crippen LogP contribution < -0.4 is 0 Å². The molecule has 0 amide bonds. The van der Waals surface area contributed by atoms with Gasteiger partial charge in [0.1, 0.15) is 11.5 Å². The zero-order valence-electron chi connectivity index (χ0n) is 10.1. The Morgan fingerprint density at radius 3 is 2.06 bits per heavy atom. The van der Waals surface area contributed by atoms with Crippen molar-refractivity contribution in [1.82, 2.24) is 5.06 Å². The predicted molar refractivity (Wildman–Crippen MR) is 62.3 cm³/mol. The highest BCUT2D eigenvalue weighted by Gasteiger charge is 2.22. The van der Waals surface area contributed by atoms with Gasteiger partial charge >= 0.3 is 0 Å². The van der Waals surface area contributed by atoms with Crippen LogP contribution in [0.4, 0.5) is 0 Å². The summed E-state index contributed by atoms with van der Waals surface area (Å²) >= 11 is 0. The topological polar surface area (TPSA) is 81.0 Å². The molecule has 0 aliphatic rings. The smallest absolute Gasteiger partial charge is 0.179 e. The fourth-order valence-corrected chi connectivity index (χ4v) is 1.22. The Kier molecular flexibility index (Phi) is 3.75. The normalized spacial score (nSPS) is 11.8. The molecule has 0 radical (unpaired) electrons. The van der Waals surface area contributed by atoms with Crippen molar-refractivity contribution in [3.63, 3.8) is 0 Å². The van der Waals surface area contributed by atoms with Crippen LogP contribution in [0.5, 0.6) is 11.5 Å². The van der Waals surface area contributed by atoms with Crippen LogP contribution in [0.2, 0.25) is 0 Å². The summed E-state index contributed by atoms with van der Waals surface area (Å²) in [5.74, 6) is -0.754. The second-order valence-corrected chi connectivity index (χ2v) is 4.89. The average molecular weight is 239 g/mol. The molecule has 94 valence electrons. The third-order valence-electron chi connectivity index (χ3n) is 2.29. The van der Waals surface area contributed by atoms with E-state index in [1.54, 1.807) is 20.8 Å². The van der Waals surface area contributed by atoms with Crippen molar-refractivity contribution in [3.05, 3.63) is 23.8 Å². The highest BCUT2D eigenvalue weighted by atomic mass is 16.5. The second-order valence-electron chi connectivity index (χ2n) is 4.89. The Labute approximate surface area is 99.9 Å². The van der Waals surface area contributed by atoms with Gasteiger partial charge in [0.05, 0.1) is 6.54 Å². The molecule has 0 saturated heterocycles. The number of phenolic OH excluding ortho intramolecular Hbond substituents is 2. The molecule has 3 N–H and O–H groups in total. The molecule has 0 aliphatic carbocycles. The highest BCUT2D eigenvalue weighted by molar-refractivity contribution is 5.98. The van der Waals surface area contributed by atoms with Crippen molar-refractivity contribution in [2.45, 2.75) is 26.3 Å². The van der Waals surface area contributed by atoms with Crippen molar-refractivity contribution in [2.24, 2.45) is 0 Å². The van der Waals surface area contributed by atoms with Crippen LogP contribution in [0.3, 0.4) is 0 Å². The fourth-order valence-electron chi connectivity index (χ4n) is 1.22. The molecular weight excluding hydrogens is 222 g/mol. The van der Waals surface area contributed by atoms with Gasteiger partial charge < -0.3 is 15.4 Å². The summed E-state index contributed by atoms with van der Waals surface area (Å²) in [7, 11) is 0. The van der Waals surface area contributed by atoms with Crippen molar-refractivity contribution in [2.75, 3.05) is 6.54 Å². The van der Waals surface area contributed by atoms with Crippen LogP contribution >= 0.6 is 0 Å². The maximum atomic E-state index is 11.8. The van der Waals surface area contributed by atoms with E-state index in [1.807, 2.05) is 0 Å². The van der Waals surface area contributed by atoms with E-state index in [0.717, 1.165) is 11.1 Å². The van der Waals surface area contributed by atoms with E-state index in [4.69, 9.17) is 0 Å². The third-order valence-corrected chi connectivity index (χ3v) is 2.29. The van der Waals surface area contributed by atoms with Crippen LogP contribution in [-0.4, -0.2) is 38.4 Å². The van der Waals surface area contributed by atoms with E-state index in [0.29, 0.717) is 0 Å². The molecule has 5 nitrogen and oxygen atoms in total. The van der Waals surface area contributed by atoms with Gasteiger partial charge in [0.15, 0.2) is 5.78 Å². The van der Waals surface area contributed by atoms with Gasteiger partial charge in [-0.1, -0.05) is 0 Å². The Morgan fingerprint density at radius 1 is 1.18 bits per heavy atom. The minimum Gasteiger partial charge on any atom is -0.508 e. The summed E-state index contributed by atoms with van der Waals surface area (Å²) in [6.45, 7) is 5.09. The maximum Gasteiger partial charge on any atom is 0.179 e. The number of nitrogens with zero attached hydrogens (tertiary/aromatic N) is 1. The Morgan fingerprint density at radius 2 is 1.65 bits per heavy atom. The number of benzene rings is 1. The predicted octanol–water partition coefficient (Wildman–Crippen LogP) is 1.77. The van der Waals surface area contributed by atoms with Crippen LogP contribution in [0.15, 0.2) is 18.2 Å². The fraction of sp³-hybridized carbons (Fsp3) is 0.417. The monoisotopic (exact) mass is 239 g/mol. The number of hydroxylamine groups is 2. The summed E-state index contributed by atoms with van der Waals surface area (Å²) in [6, 6.07) is 3.63. The summed E-state index contributed by atoms with van der Waals surface area (Å²) in [5, 5.41) is 29.1. The van der Waals surface area contributed by atoms with Crippen molar-refractivity contribution < 1.29 is 20.2 Å². The largest absolute Gasteiger partial charge is 0.508 e. The number of Topliss-reactive ketones (excluding diaryl/α,β-unsaturated/α-hetero) is 1. The van der Waals surface area contributed by atoms with Crippen LogP contribution in [-0.2, 0) is 0 Å². The zero-order chi connectivity index (χ0) is 13.2. The molecule has 1 aromatic carbocycles. The number of phenols is 2. The quantitative estimate of drug-likeness (QED) is 0.553. The lowest BCUT2D eigenvalue weighted by molar-refractivity contribution is -0.146. The highest BCUT2D eigenvalue weighted by Crippen LogP contribution is 2.21. The van der Waals surface area contributed by atoms with Crippen LogP contribution in [0, 0.1) is 0 Å². The molecule has 1 rings (SSSR count).